The predicted octanol–water partition coefficient (Wildman–Crippen LogP) is -0.404. The Morgan fingerprint density at radius 2 is 2.31 bits per heavy atom. The molecule has 0 saturated carbocycles. The number of rotatable bonds is 2. The highest BCUT2D eigenvalue weighted by atomic mass is 16.5. The molecule has 2 rings (SSSR count). The summed E-state index contributed by atoms with van der Waals surface area (Å²) < 4.78 is 4.78. The van der Waals surface area contributed by atoms with E-state index in [0.717, 1.165) is 32.5 Å². The lowest BCUT2D eigenvalue weighted by molar-refractivity contribution is -0.147. The summed E-state index contributed by atoms with van der Waals surface area (Å²) in [5.74, 6) is -0.0654. The van der Waals surface area contributed by atoms with Crippen LogP contribution in [0.2, 0.25) is 0 Å². The molecule has 1 atom stereocenters. The van der Waals surface area contributed by atoms with Gasteiger partial charge in [-0.3, -0.25) is 9.69 Å². The Morgan fingerprint density at radius 1 is 1.54 bits per heavy atom. The van der Waals surface area contributed by atoms with Crippen molar-refractivity contribution in [1.29, 1.82) is 0 Å². The third-order valence-corrected chi connectivity index (χ3v) is 3.00. The maximum atomic E-state index is 11.4. The summed E-state index contributed by atoms with van der Waals surface area (Å²) in [6.07, 6.45) is 2.08. The average molecular weight is 184 g/mol. The molecule has 0 spiro atoms. The van der Waals surface area contributed by atoms with Crippen LogP contribution >= 0.6 is 0 Å². The number of carbonyl (C=O) groups excluding carboxylic acids is 1. The summed E-state index contributed by atoms with van der Waals surface area (Å²) in [7, 11) is 1.47. The van der Waals surface area contributed by atoms with Gasteiger partial charge in [0, 0.05) is 19.1 Å². The van der Waals surface area contributed by atoms with Crippen LogP contribution in [0.15, 0.2) is 0 Å². The third kappa shape index (κ3) is 1.56. The number of hydrogen-bond donors (Lipinski definition) is 1. The van der Waals surface area contributed by atoms with Crippen LogP contribution in [0, 0.1) is 0 Å². The zero-order valence-corrected chi connectivity index (χ0v) is 7.95. The largest absolute Gasteiger partial charge is 0.468 e. The molecule has 13 heavy (non-hydrogen) atoms. The van der Waals surface area contributed by atoms with Crippen molar-refractivity contribution >= 4 is 5.97 Å². The molecule has 74 valence electrons. The molecular weight excluding hydrogens is 168 g/mol. The quantitative estimate of drug-likeness (QED) is 0.593. The summed E-state index contributed by atoms with van der Waals surface area (Å²) in [6, 6.07) is 0.587. The van der Waals surface area contributed by atoms with Crippen LogP contribution in [-0.2, 0) is 9.53 Å². The molecule has 2 saturated heterocycles. The van der Waals surface area contributed by atoms with Crippen molar-refractivity contribution in [3.05, 3.63) is 0 Å². The minimum Gasteiger partial charge on any atom is -0.468 e. The van der Waals surface area contributed by atoms with Crippen molar-refractivity contribution in [3.63, 3.8) is 0 Å². The number of carbonyl (C=O) groups is 1. The van der Waals surface area contributed by atoms with Gasteiger partial charge in [0.25, 0.3) is 0 Å². The first kappa shape index (κ1) is 8.97. The first-order valence-electron chi connectivity index (χ1n) is 4.87. The second-order valence-electron chi connectivity index (χ2n) is 3.73. The Morgan fingerprint density at radius 3 is 2.85 bits per heavy atom. The molecule has 0 bridgehead atoms. The second kappa shape index (κ2) is 3.64. The summed E-state index contributed by atoms with van der Waals surface area (Å²) in [4.78, 5) is 13.7. The minimum atomic E-state index is -0.0654. The van der Waals surface area contributed by atoms with Crippen molar-refractivity contribution in [1.82, 2.24) is 10.2 Å². The zero-order chi connectivity index (χ0) is 9.26. The molecule has 0 aromatic carbocycles. The number of ether oxygens (including phenoxy) is 1. The number of methoxy groups -OCH3 is 1. The molecule has 1 N–H and O–H groups in total. The highest BCUT2D eigenvalue weighted by Crippen LogP contribution is 2.22. The van der Waals surface area contributed by atoms with Gasteiger partial charge in [-0.1, -0.05) is 0 Å². The van der Waals surface area contributed by atoms with Gasteiger partial charge in [0.1, 0.15) is 6.04 Å². The fourth-order valence-corrected chi connectivity index (χ4v) is 2.12. The first-order chi connectivity index (χ1) is 6.33. The van der Waals surface area contributed by atoms with Crippen LogP contribution in [0.4, 0.5) is 0 Å². The van der Waals surface area contributed by atoms with Crippen molar-refractivity contribution in [3.8, 4) is 0 Å². The summed E-state index contributed by atoms with van der Waals surface area (Å²) >= 11 is 0. The Hall–Kier alpha value is -0.610. The second-order valence-corrected chi connectivity index (χ2v) is 3.73. The molecular formula is C9H16N2O2. The van der Waals surface area contributed by atoms with Gasteiger partial charge >= 0.3 is 5.97 Å². The Labute approximate surface area is 78.2 Å². The van der Waals surface area contributed by atoms with Gasteiger partial charge in [-0.15, -0.1) is 0 Å². The summed E-state index contributed by atoms with van der Waals surface area (Å²) in [5.41, 5.74) is 0. The number of nitrogens with one attached hydrogen (secondary N) is 1. The minimum absolute atomic E-state index is 0.0251. The number of likely N-dealkylation sites (tertiary alicyclic amines) is 1. The molecule has 2 aliphatic heterocycles. The smallest absolute Gasteiger partial charge is 0.323 e. The Bertz CT molecular complexity index is 204. The monoisotopic (exact) mass is 184 g/mol. The normalized spacial score (nSPS) is 30.1. The van der Waals surface area contributed by atoms with Gasteiger partial charge in [0.05, 0.1) is 7.11 Å². The molecule has 0 amide bonds. The number of nitrogens with zero attached hydrogens (tertiary/aromatic N) is 1. The van der Waals surface area contributed by atoms with Crippen LogP contribution < -0.4 is 5.32 Å². The summed E-state index contributed by atoms with van der Waals surface area (Å²) in [5, 5.41) is 3.22. The van der Waals surface area contributed by atoms with E-state index >= 15 is 0 Å². The highest BCUT2D eigenvalue weighted by molar-refractivity contribution is 5.76. The zero-order valence-electron chi connectivity index (χ0n) is 7.95. The SMILES string of the molecule is COC(=O)C1CCCN1C1CNC1. The summed E-state index contributed by atoms with van der Waals surface area (Å²) in [6.45, 7) is 3.09. The van der Waals surface area contributed by atoms with Crippen LogP contribution in [0.5, 0.6) is 0 Å². The van der Waals surface area contributed by atoms with E-state index in [2.05, 4.69) is 10.2 Å². The van der Waals surface area contributed by atoms with E-state index < -0.39 is 0 Å². The Balaban J connectivity index is 1.96. The van der Waals surface area contributed by atoms with E-state index in [0.29, 0.717) is 6.04 Å². The van der Waals surface area contributed by atoms with Crippen molar-refractivity contribution in [2.75, 3.05) is 26.7 Å². The lowest BCUT2D eigenvalue weighted by Crippen LogP contribution is -2.59. The van der Waals surface area contributed by atoms with E-state index in [1.165, 1.54) is 7.11 Å². The average Bonchev–Trinajstić information content (AvgIpc) is 2.49. The molecule has 2 aliphatic rings. The van der Waals surface area contributed by atoms with Gasteiger partial charge in [0.2, 0.25) is 0 Å². The van der Waals surface area contributed by atoms with E-state index in [1.807, 2.05) is 0 Å². The van der Waals surface area contributed by atoms with Gasteiger partial charge < -0.3 is 10.1 Å². The van der Waals surface area contributed by atoms with Crippen LogP contribution in [0.1, 0.15) is 12.8 Å². The van der Waals surface area contributed by atoms with Gasteiger partial charge in [0.15, 0.2) is 0 Å². The van der Waals surface area contributed by atoms with Crippen LogP contribution in [-0.4, -0.2) is 49.7 Å². The Kier molecular flexibility index (Phi) is 2.51. The maximum absolute atomic E-state index is 11.4. The molecule has 4 heteroatoms. The lowest BCUT2D eigenvalue weighted by Gasteiger charge is -2.38. The van der Waals surface area contributed by atoms with Gasteiger partial charge in [-0.2, -0.15) is 0 Å². The number of esters is 1. The third-order valence-electron chi connectivity index (χ3n) is 3.00. The fourth-order valence-electron chi connectivity index (χ4n) is 2.12. The van der Waals surface area contributed by atoms with E-state index in [9.17, 15) is 4.79 Å². The molecule has 1 unspecified atom stereocenters. The molecule has 0 radical (unpaired) electrons. The topological polar surface area (TPSA) is 41.6 Å². The van der Waals surface area contributed by atoms with E-state index in [-0.39, 0.29) is 12.0 Å². The molecule has 0 aromatic rings. The molecule has 0 aromatic heterocycles. The standard InChI is InChI=1S/C9H16N2O2/c1-13-9(12)8-3-2-4-11(8)7-5-10-6-7/h7-8,10H,2-6H2,1H3. The molecule has 4 nitrogen and oxygen atoms in total. The van der Waals surface area contributed by atoms with Crippen LogP contribution in [0.25, 0.3) is 0 Å². The lowest BCUT2D eigenvalue weighted by atomic mass is 10.1. The van der Waals surface area contributed by atoms with Crippen LogP contribution in [0.3, 0.4) is 0 Å². The van der Waals surface area contributed by atoms with Gasteiger partial charge in [-0.05, 0) is 19.4 Å². The first-order valence-corrected chi connectivity index (χ1v) is 4.87. The fraction of sp³-hybridized carbons (Fsp3) is 0.889. The van der Waals surface area contributed by atoms with Gasteiger partial charge in [-0.25, -0.2) is 0 Å². The number of hydrogen-bond acceptors (Lipinski definition) is 4. The van der Waals surface area contributed by atoms with E-state index in [4.69, 9.17) is 4.74 Å². The predicted molar refractivity (Wildman–Crippen MR) is 48.4 cm³/mol. The molecule has 2 fully saturated rings. The van der Waals surface area contributed by atoms with Crippen molar-refractivity contribution in [2.24, 2.45) is 0 Å². The van der Waals surface area contributed by atoms with E-state index in [1.54, 1.807) is 0 Å². The molecule has 0 aliphatic carbocycles. The van der Waals surface area contributed by atoms with Crippen molar-refractivity contribution in [2.45, 2.75) is 24.9 Å². The highest BCUT2D eigenvalue weighted by Gasteiger charge is 2.37. The van der Waals surface area contributed by atoms with Crippen molar-refractivity contribution < 1.29 is 9.53 Å². The molecule has 2 heterocycles. The maximum Gasteiger partial charge on any atom is 0.323 e.